The van der Waals surface area contributed by atoms with Crippen LogP contribution in [0.2, 0.25) is 10.0 Å². The highest BCUT2D eigenvalue weighted by atomic mass is 35.5. The summed E-state index contributed by atoms with van der Waals surface area (Å²) >= 11 is 18.8. The van der Waals surface area contributed by atoms with Gasteiger partial charge in [0.25, 0.3) is 0 Å². The van der Waals surface area contributed by atoms with Crippen LogP contribution in [0.3, 0.4) is 0 Å². The Morgan fingerprint density at radius 1 is 1.03 bits per heavy atom. The van der Waals surface area contributed by atoms with Crippen molar-refractivity contribution >= 4 is 34.8 Å². The second-order valence-electron chi connectivity index (χ2n) is 7.74. The molecule has 4 atom stereocenters. The summed E-state index contributed by atoms with van der Waals surface area (Å²) in [6.45, 7) is 0.888. The van der Waals surface area contributed by atoms with Crippen LogP contribution in [-0.4, -0.2) is 28.6 Å². The number of aromatic nitrogens is 2. The molecule has 0 saturated carbocycles. The van der Waals surface area contributed by atoms with Crippen molar-refractivity contribution in [2.24, 2.45) is 0 Å². The Bertz CT molecular complexity index is 952. The van der Waals surface area contributed by atoms with Crippen LogP contribution in [0.5, 0.6) is 0 Å². The van der Waals surface area contributed by atoms with E-state index in [4.69, 9.17) is 49.0 Å². The molecule has 1 aliphatic rings. The maximum Gasteiger partial charge on any atom is 0.158 e. The second kappa shape index (κ2) is 11.5. The van der Waals surface area contributed by atoms with E-state index >= 15 is 0 Å². The van der Waals surface area contributed by atoms with Crippen LogP contribution in [0.1, 0.15) is 42.0 Å². The molecule has 0 bridgehead atoms. The van der Waals surface area contributed by atoms with Gasteiger partial charge in [0.2, 0.25) is 0 Å². The molecular weight excluding hydrogens is 471 g/mol. The first-order chi connectivity index (χ1) is 15.6. The van der Waals surface area contributed by atoms with E-state index in [0.717, 1.165) is 30.4 Å². The third-order valence-corrected chi connectivity index (χ3v) is 6.34. The van der Waals surface area contributed by atoms with Gasteiger partial charge in [-0.15, -0.1) is 0 Å². The van der Waals surface area contributed by atoms with Gasteiger partial charge in [-0.1, -0.05) is 59.1 Å². The summed E-state index contributed by atoms with van der Waals surface area (Å²) in [5.74, 6) is 0. The van der Waals surface area contributed by atoms with Gasteiger partial charge in [-0.05, 0) is 54.7 Å². The van der Waals surface area contributed by atoms with Crippen molar-refractivity contribution in [1.29, 1.82) is 0 Å². The molecule has 5 nitrogen and oxygen atoms in total. The summed E-state index contributed by atoms with van der Waals surface area (Å²) in [4.78, 5) is 4.10. The number of benzene rings is 2. The van der Waals surface area contributed by atoms with E-state index in [0.29, 0.717) is 23.3 Å². The first-order valence-electron chi connectivity index (χ1n) is 10.6. The van der Waals surface area contributed by atoms with Crippen molar-refractivity contribution in [3.8, 4) is 0 Å². The Balaban J connectivity index is 1.35. The molecular formula is C24H25Cl3N2O3. The van der Waals surface area contributed by atoms with Gasteiger partial charge in [0.15, 0.2) is 6.29 Å². The van der Waals surface area contributed by atoms with E-state index in [2.05, 4.69) is 4.98 Å². The number of halogens is 3. The molecule has 0 N–H and O–H groups in total. The lowest BCUT2D eigenvalue weighted by Gasteiger charge is -2.32. The third kappa shape index (κ3) is 6.47. The summed E-state index contributed by atoms with van der Waals surface area (Å²) in [6.07, 6.45) is 7.26. The minimum Gasteiger partial charge on any atom is -0.367 e. The van der Waals surface area contributed by atoms with E-state index in [1.165, 1.54) is 0 Å². The summed E-state index contributed by atoms with van der Waals surface area (Å²) in [5.41, 5.74) is 1.54. The molecule has 1 saturated heterocycles. The topological polar surface area (TPSA) is 45.5 Å². The lowest BCUT2D eigenvalue weighted by Crippen LogP contribution is -2.33. The Morgan fingerprint density at radius 2 is 1.75 bits per heavy atom. The summed E-state index contributed by atoms with van der Waals surface area (Å²) < 4.78 is 20.2. The highest BCUT2D eigenvalue weighted by Crippen LogP contribution is 2.34. The lowest BCUT2D eigenvalue weighted by atomic mass is 10.1. The summed E-state index contributed by atoms with van der Waals surface area (Å²) in [7, 11) is 0. The van der Waals surface area contributed by atoms with E-state index in [9.17, 15) is 0 Å². The molecule has 1 fully saturated rings. The number of alkyl halides is 1. The van der Waals surface area contributed by atoms with Gasteiger partial charge < -0.3 is 18.8 Å². The zero-order valence-electron chi connectivity index (χ0n) is 17.4. The number of ether oxygens (including phenoxy) is 3. The number of hydrogen-bond acceptors (Lipinski definition) is 4. The Morgan fingerprint density at radius 3 is 2.44 bits per heavy atom. The molecule has 0 radical (unpaired) electrons. The molecule has 2 aromatic carbocycles. The largest absolute Gasteiger partial charge is 0.367 e. The average molecular weight is 496 g/mol. The van der Waals surface area contributed by atoms with E-state index in [1.54, 1.807) is 12.5 Å². The normalized spacial score (nSPS) is 20.7. The van der Waals surface area contributed by atoms with Crippen molar-refractivity contribution in [3.63, 3.8) is 0 Å². The van der Waals surface area contributed by atoms with Gasteiger partial charge in [0.05, 0.1) is 25.6 Å². The van der Waals surface area contributed by atoms with E-state index < -0.39 is 5.50 Å². The fraction of sp³-hybridized carbons (Fsp3) is 0.375. The molecule has 32 heavy (non-hydrogen) atoms. The molecule has 170 valence electrons. The predicted octanol–water partition coefficient (Wildman–Crippen LogP) is 6.80. The van der Waals surface area contributed by atoms with Gasteiger partial charge in [-0.3, -0.25) is 0 Å². The summed E-state index contributed by atoms with van der Waals surface area (Å²) in [6, 6.07) is 15.2. The van der Waals surface area contributed by atoms with Crippen LogP contribution in [-0.2, 0) is 20.8 Å². The second-order valence-corrected chi connectivity index (χ2v) is 9.06. The van der Waals surface area contributed by atoms with E-state index in [-0.39, 0.29) is 18.5 Å². The standard InChI is InChI=1S/C24H25Cl3N2O3/c25-19-8-4-17(5-9-19)14-30-22-3-1-2-21(32-22)15-31-23(18-6-10-20(26)11-7-18)24(27)29-13-12-28-16-29/h4-13,16,21-24H,1-3,14-15H2. The van der Waals surface area contributed by atoms with Crippen molar-refractivity contribution in [3.05, 3.63) is 88.4 Å². The zero-order chi connectivity index (χ0) is 22.3. The number of nitrogens with zero attached hydrogens (tertiary/aromatic N) is 2. The van der Waals surface area contributed by atoms with E-state index in [1.807, 2.05) is 59.3 Å². The van der Waals surface area contributed by atoms with Crippen LogP contribution in [0.25, 0.3) is 0 Å². The van der Waals surface area contributed by atoms with Crippen molar-refractivity contribution < 1.29 is 14.2 Å². The van der Waals surface area contributed by atoms with Crippen LogP contribution >= 0.6 is 34.8 Å². The van der Waals surface area contributed by atoms with Gasteiger partial charge >= 0.3 is 0 Å². The van der Waals surface area contributed by atoms with Crippen molar-refractivity contribution in [2.45, 2.75) is 49.9 Å². The molecule has 1 aromatic heterocycles. The number of rotatable bonds is 9. The van der Waals surface area contributed by atoms with Gasteiger partial charge in [-0.2, -0.15) is 0 Å². The van der Waals surface area contributed by atoms with Gasteiger partial charge in [-0.25, -0.2) is 4.98 Å². The maximum absolute atomic E-state index is 6.75. The maximum atomic E-state index is 6.75. The van der Waals surface area contributed by atoms with Crippen molar-refractivity contribution in [2.75, 3.05) is 6.61 Å². The fourth-order valence-corrected chi connectivity index (χ4v) is 4.23. The third-order valence-electron chi connectivity index (χ3n) is 5.38. The highest BCUT2D eigenvalue weighted by molar-refractivity contribution is 6.30. The molecule has 0 spiro atoms. The number of hydrogen-bond donors (Lipinski definition) is 0. The predicted molar refractivity (Wildman–Crippen MR) is 126 cm³/mol. The average Bonchev–Trinajstić information content (AvgIpc) is 3.35. The molecule has 2 heterocycles. The fourth-order valence-electron chi connectivity index (χ4n) is 3.65. The van der Waals surface area contributed by atoms with Crippen LogP contribution in [0.15, 0.2) is 67.3 Å². The molecule has 0 aliphatic carbocycles. The molecule has 1 aliphatic heterocycles. The zero-order valence-corrected chi connectivity index (χ0v) is 19.7. The van der Waals surface area contributed by atoms with Gasteiger partial charge in [0, 0.05) is 22.4 Å². The van der Waals surface area contributed by atoms with Crippen LogP contribution < -0.4 is 0 Å². The highest BCUT2D eigenvalue weighted by Gasteiger charge is 2.28. The molecule has 8 heteroatoms. The Kier molecular flexibility index (Phi) is 8.47. The van der Waals surface area contributed by atoms with Crippen LogP contribution in [0.4, 0.5) is 0 Å². The minimum absolute atomic E-state index is 0.0691. The Labute approximate surface area is 203 Å². The van der Waals surface area contributed by atoms with Gasteiger partial charge in [0.1, 0.15) is 11.6 Å². The van der Waals surface area contributed by atoms with Crippen LogP contribution in [0, 0.1) is 0 Å². The monoisotopic (exact) mass is 494 g/mol. The lowest BCUT2D eigenvalue weighted by molar-refractivity contribution is -0.213. The SMILES string of the molecule is Clc1ccc(COC2CCCC(COC(c3ccc(Cl)cc3)C(Cl)n3ccnc3)O2)cc1. The Hall–Kier alpha value is -1.60. The first-order valence-corrected chi connectivity index (χ1v) is 11.8. The summed E-state index contributed by atoms with van der Waals surface area (Å²) in [5, 5.41) is 1.38. The first kappa shape index (κ1) is 23.6. The smallest absolute Gasteiger partial charge is 0.158 e. The minimum atomic E-state index is -0.459. The molecule has 4 rings (SSSR count). The molecule has 3 aromatic rings. The molecule has 0 amide bonds. The quantitative estimate of drug-likeness (QED) is 0.306. The number of imidazole rings is 1. The molecule has 4 unspecified atom stereocenters. The van der Waals surface area contributed by atoms with Crippen molar-refractivity contribution in [1.82, 2.24) is 9.55 Å².